The van der Waals surface area contributed by atoms with Gasteiger partial charge in [0.15, 0.2) is 0 Å². The van der Waals surface area contributed by atoms with Crippen molar-refractivity contribution in [1.82, 2.24) is 15.1 Å². The molecule has 2 saturated heterocycles. The summed E-state index contributed by atoms with van der Waals surface area (Å²) in [6.07, 6.45) is 3.21. The minimum atomic E-state index is -0.855. The maximum absolute atomic E-state index is 13.3. The molecule has 1 N–H and O–H groups in total. The van der Waals surface area contributed by atoms with Gasteiger partial charge in [-0.3, -0.25) is 24.1 Å². The maximum Gasteiger partial charge on any atom is 0.258 e. The van der Waals surface area contributed by atoms with E-state index in [0.29, 0.717) is 43.7 Å². The first-order chi connectivity index (χ1) is 14.9. The smallest absolute Gasteiger partial charge is 0.258 e. The maximum atomic E-state index is 13.3. The number of amides is 4. The van der Waals surface area contributed by atoms with Gasteiger partial charge in [-0.15, -0.1) is 0 Å². The number of likely N-dealkylation sites (tertiary alicyclic amines) is 1. The molecule has 0 bridgehead atoms. The molecule has 166 valence electrons. The van der Waals surface area contributed by atoms with Gasteiger partial charge in [-0.25, -0.2) is 0 Å². The molecule has 8 nitrogen and oxygen atoms in total. The minimum absolute atomic E-state index is 0.0122. The Balaban J connectivity index is 1.53. The lowest BCUT2D eigenvalue weighted by Gasteiger charge is -2.48. The van der Waals surface area contributed by atoms with E-state index in [4.69, 9.17) is 0 Å². The molecule has 1 aromatic rings. The highest BCUT2D eigenvalue weighted by Crippen LogP contribution is 2.43. The number of para-hydroxylation sites is 1. The number of hydrogen-bond acceptors (Lipinski definition) is 4. The van der Waals surface area contributed by atoms with E-state index in [9.17, 15) is 19.2 Å². The number of anilines is 1. The molecule has 0 saturated carbocycles. The molecule has 3 aliphatic rings. The van der Waals surface area contributed by atoms with Crippen molar-refractivity contribution < 1.29 is 19.2 Å². The second kappa shape index (κ2) is 8.32. The number of carbonyl (C=O) groups excluding carboxylic acids is 4. The first-order valence-electron chi connectivity index (χ1n) is 11.2. The summed E-state index contributed by atoms with van der Waals surface area (Å²) in [6, 6.07) is 7.08. The van der Waals surface area contributed by atoms with Crippen molar-refractivity contribution in [2.45, 2.75) is 51.6 Å². The summed E-state index contributed by atoms with van der Waals surface area (Å²) in [5.74, 6) is -0.678. The van der Waals surface area contributed by atoms with Gasteiger partial charge in [0.25, 0.3) is 5.91 Å². The Morgan fingerprint density at radius 3 is 2.77 bits per heavy atom. The molecule has 0 aromatic heterocycles. The number of rotatable bonds is 5. The normalized spacial score (nSPS) is 25.4. The van der Waals surface area contributed by atoms with Crippen LogP contribution < -0.4 is 10.2 Å². The summed E-state index contributed by atoms with van der Waals surface area (Å²) in [7, 11) is 0. The third-order valence-corrected chi connectivity index (χ3v) is 6.73. The van der Waals surface area contributed by atoms with E-state index < -0.39 is 5.66 Å². The minimum Gasteiger partial charge on any atom is -0.356 e. The molecule has 3 heterocycles. The molecule has 2 unspecified atom stereocenters. The molecule has 3 aliphatic heterocycles. The summed E-state index contributed by atoms with van der Waals surface area (Å²) in [4.78, 5) is 56.5. The van der Waals surface area contributed by atoms with Crippen LogP contribution >= 0.6 is 0 Å². The van der Waals surface area contributed by atoms with Crippen LogP contribution in [0.15, 0.2) is 24.3 Å². The van der Waals surface area contributed by atoms with Crippen molar-refractivity contribution in [3.8, 4) is 0 Å². The molecule has 0 radical (unpaired) electrons. The van der Waals surface area contributed by atoms with Gasteiger partial charge < -0.3 is 15.1 Å². The van der Waals surface area contributed by atoms with E-state index in [1.165, 1.54) is 0 Å². The Labute approximate surface area is 182 Å². The van der Waals surface area contributed by atoms with Crippen molar-refractivity contribution >= 4 is 29.3 Å². The summed E-state index contributed by atoms with van der Waals surface area (Å²) in [5, 5.41) is 2.92. The van der Waals surface area contributed by atoms with Crippen LogP contribution in [0.4, 0.5) is 5.69 Å². The van der Waals surface area contributed by atoms with Crippen molar-refractivity contribution in [2.75, 3.05) is 31.1 Å². The fraction of sp³-hybridized carbons (Fsp3) is 0.565. The number of fused-ring (bicyclic) bond motifs is 3. The molecule has 1 aromatic carbocycles. The van der Waals surface area contributed by atoms with Crippen molar-refractivity contribution in [3.63, 3.8) is 0 Å². The van der Waals surface area contributed by atoms with E-state index in [1.54, 1.807) is 32.9 Å². The Bertz CT molecular complexity index is 917. The van der Waals surface area contributed by atoms with E-state index in [0.717, 1.165) is 19.3 Å². The van der Waals surface area contributed by atoms with Gasteiger partial charge in [-0.2, -0.15) is 0 Å². The Hall–Kier alpha value is -2.90. The van der Waals surface area contributed by atoms with E-state index >= 15 is 0 Å². The Kier molecular flexibility index (Phi) is 5.73. The zero-order valence-electron chi connectivity index (χ0n) is 18.2. The van der Waals surface area contributed by atoms with E-state index in [2.05, 4.69) is 5.32 Å². The first-order valence-corrected chi connectivity index (χ1v) is 11.2. The molecular weight excluding hydrogens is 396 g/mol. The highest BCUT2D eigenvalue weighted by atomic mass is 16.2. The van der Waals surface area contributed by atoms with Crippen molar-refractivity contribution in [1.29, 1.82) is 0 Å². The fourth-order valence-corrected chi connectivity index (χ4v) is 4.99. The standard InChI is InChI=1S/C23H30N4O4/c1-3-12-24-21(30)16-7-6-13-25(14-16)20(29)15-26-22(31)17-8-4-5-9-18(17)27-19(28)10-11-23(26,27)2/h4-5,8-9,16H,3,6-7,10-15H2,1-2H3,(H,24,30). The lowest BCUT2D eigenvalue weighted by Crippen LogP contribution is -2.64. The summed E-state index contributed by atoms with van der Waals surface area (Å²) in [6.45, 7) is 5.34. The molecule has 2 fully saturated rings. The van der Waals surface area contributed by atoms with Gasteiger partial charge >= 0.3 is 0 Å². The molecule has 0 spiro atoms. The van der Waals surface area contributed by atoms with Gasteiger partial charge in [0.1, 0.15) is 12.2 Å². The molecule has 8 heteroatoms. The summed E-state index contributed by atoms with van der Waals surface area (Å²) in [5.41, 5.74) is 0.205. The summed E-state index contributed by atoms with van der Waals surface area (Å²) >= 11 is 0. The van der Waals surface area contributed by atoms with Gasteiger partial charge in [-0.1, -0.05) is 19.1 Å². The SMILES string of the molecule is CCCNC(=O)C1CCCN(C(=O)CN2C(=O)c3ccccc3N3C(=O)CCC23C)C1. The van der Waals surface area contributed by atoms with Crippen LogP contribution in [-0.4, -0.2) is 65.3 Å². The number of benzene rings is 1. The predicted octanol–water partition coefficient (Wildman–Crippen LogP) is 1.75. The van der Waals surface area contributed by atoms with Crippen LogP contribution in [0.25, 0.3) is 0 Å². The molecule has 0 aliphatic carbocycles. The van der Waals surface area contributed by atoms with Crippen LogP contribution in [-0.2, 0) is 14.4 Å². The monoisotopic (exact) mass is 426 g/mol. The van der Waals surface area contributed by atoms with Crippen LogP contribution in [0.2, 0.25) is 0 Å². The zero-order valence-corrected chi connectivity index (χ0v) is 18.2. The van der Waals surface area contributed by atoms with Gasteiger partial charge in [0, 0.05) is 26.1 Å². The van der Waals surface area contributed by atoms with Gasteiger partial charge in [0.05, 0.1) is 17.2 Å². The van der Waals surface area contributed by atoms with Gasteiger partial charge in [0.2, 0.25) is 17.7 Å². The lowest BCUT2D eigenvalue weighted by molar-refractivity contribution is -0.137. The topological polar surface area (TPSA) is 90.0 Å². The van der Waals surface area contributed by atoms with Crippen molar-refractivity contribution in [2.24, 2.45) is 5.92 Å². The molecular formula is C23H30N4O4. The van der Waals surface area contributed by atoms with Gasteiger partial charge in [-0.05, 0) is 44.7 Å². The molecule has 4 amide bonds. The fourth-order valence-electron chi connectivity index (χ4n) is 4.99. The molecule has 4 rings (SSSR count). The van der Waals surface area contributed by atoms with E-state index in [-0.39, 0.29) is 36.1 Å². The Morgan fingerprint density at radius 1 is 1.23 bits per heavy atom. The largest absolute Gasteiger partial charge is 0.356 e. The average molecular weight is 427 g/mol. The van der Waals surface area contributed by atoms with Crippen LogP contribution in [0, 0.1) is 5.92 Å². The highest BCUT2D eigenvalue weighted by molar-refractivity contribution is 6.11. The van der Waals surface area contributed by atoms with Crippen molar-refractivity contribution in [3.05, 3.63) is 29.8 Å². The predicted molar refractivity (Wildman–Crippen MR) is 115 cm³/mol. The number of nitrogens with one attached hydrogen (secondary N) is 1. The number of hydrogen-bond donors (Lipinski definition) is 1. The third kappa shape index (κ3) is 3.68. The second-order valence-electron chi connectivity index (χ2n) is 8.82. The highest BCUT2D eigenvalue weighted by Gasteiger charge is 2.53. The lowest BCUT2D eigenvalue weighted by atomic mass is 9.96. The molecule has 2 atom stereocenters. The van der Waals surface area contributed by atoms with E-state index in [1.807, 2.05) is 19.9 Å². The number of piperidine rings is 1. The van der Waals surface area contributed by atoms with Crippen LogP contribution in [0.1, 0.15) is 56.3 Å². The average Bonchev–Trinajstić information content (AvgIpc) is 3.10. The van der Waals surface area contributed by atoms with Crippen LogP contribution in [0.5, 0.6) is 0 Å². The zero-order chi connectivity index (χ0) is 22.2. The third-order valence-electron chi connectivity index (χ3n) is 6.73. The second-order valence-corrected chi connectivity index (χ2v) is 8.82. The quantitative estimate of drug-likeness (QED) is 0.777. The number of carbonyl (C=O) groups is 4. The Morgan fingerprint density at radius 2 is 2.00 bits per heavy atom. The molecule has 31 heavy (non-hydrogen) atoms. The summed E-state index contributed by atoms with van der Waals surface area (Å²) < 4.78 is 0. The van der Waals surface area contributed by atoms with Crippen LogP contribution in [0.3, 0.4) is 0 Å². The number of nitrogens with zero attached hydrogens (tertiary/aromatic N) is 3. The first kappa shape index (κ1) is 21.3.